The Morgan fingerprint density at radius 3 is 2.52 bits per heavy atom. The van der Waals surface area contributed by atoms with Crippen molar-refractivity contribution >= 4 is 23.7 Å². The van der Waals surface area contributed by atoms with E-state index < -0.39 is 0 Å². The number of carbonyl (C=O) groups excluding carboxylic acids is 2. The number of rotatable bonds is 5. The fourth-order valence-corrected chi connectivity index (χ4v) is 3.09. The Morgan fingerprint density at radius 1 is 1.12 bits per heavy atom. The molecule has 2 aromatic carbocycles. The summed E-state index contributed by atoms with van der Waals surface area (Å²) in [5.41, 5.74) is 2.56. The number of hydrogen-bond donors (Lipinski definition) is 0. The lowest BCUT2D eigenvalue weighted by Crippen LogP contribution is -2.38. The second kappa shape index (κ2) is 7.38. The molecule has 0 saturated carbocycles. The molecule has 0 bridgehead atoms. The number of para-hydroxylation sites is 3. The maximum absolute atomic E-state index is 12.8. The summed E-state index contributed by atoms with van der Waals surface area (Å²) in [7, 11) is 0. The molecule has 5 heteroatoms. The molecule has 2 amide bonds. The lowest BCUT2D eigenvalue weighted by molar-refractivity contribution is -0.121. The molecule has 0 saturated heterocycles. The van der Waals surface area contributed by atoms with Crippen molar-refractivity contribution in [3.05, 3.63) is 54.1 Å². The van der Waals surface area contributed by atoms with Crippen molar-refractivity contribution in [1.82, 2.24) is 0 Å². The molecule has 2 aromatic rings. The molecule has 1 aliphatic heterocycles. The van der Waals surface area contributed by atoms with Crippen molar-refractivity contribution in [1.29, 1.82) is 0 Å². The van der Waals surface area contributed by atoms with E-state index in [2.05, 4.69) is 0 Å². The Labute approximate surface area is 147 Å². The van der Waals surface area contributed by atoms with Gasteiger partial charge in [-0.25, -0.2) is 0 Å². The quantitative estimate of drug-likeness (QED) is 0.788. The molecule has 1 unspecified atom stereocenters. The molecule has 1 aliphatic rings. The van der Waals surface area contributed by atoms with Gasteiger partial charge in [-0.2, -0.15) is 0 Å². The Bertz CT molecular complexity index is 775. The highest BCUT2D eigenvalue weighted by atomic mass is 16.5. The summed E-state index contributed by atoms with van der Waals surface area (Å²) in [6.45, 7) is 5.04. The fraction of sp³-hybridized carbons (Fsp3) is 0.300. The van der Waals surface area contributed by atoms with Gasteiger partial charge >= 0.3 is 0 Å². The van der Waals surface area contributed by atoms with E-state index in [4.69, 9.17) is 4.74 Å². The van der Waals surface area contributed by atoms with Gasteiger partial charge in [0.15, 0.2) is 0 Å². The second-order valence-corrected chi connectivity index (χ2v) is 6.25. The molecule has 1 heterocycles. The maximum Gasteiger partial charge on any atom is 0.231 e. The molecular formula is C20H22N2O3. The number of amides is 2. The number of ether oxygens (including phenoxy) is 1. The predicted octanol–water partition coefficient (Wildman–Crippen LogP) is 3.02. The summed E-state index contributed by atoms with van der Waals surface area (Å²) >= 11 is 0. The third kappa shape index (κ3) is 3.50. The van der Waals surface area contributed by atoms with E-state index in [0.717, 1.165) is 29.1 Å². The standard InChI is InChI=1S/C20H22N2O3/c1-15-7-3-6-10-19(15)25-12-11-22-18-9-5-4-8-17(18)21(14-23)13-16(2)20(22)24/h3-10,14,16H,11-13H2,1-2H3. The second-order valence-electron chi connectivity index (χ2n) is 6.25. The van der Waals surface area contributed by atoms with Crippen LogP contribution >= 0.6 is 0 Å². The van der Waals surface area contributed by atoms with Crippen molar-refractivity contribution in [2.75, 3.05) is 29.5 Å². The highest BCUT2D eigenvalue weighted by Gasteiger charge is 2.30. The average molecular weight is 338 g/mol. The van der Waals surface area contributed by atoms with Gasteiger partial charge in [0.25, 0.3) is 0 Å². The molecule has 0 radical (unpaired) electrons. The first kappa shape index (κ1) is 17.0. The molecule has 130 valence electrons. The number of anilines is 2. The predicted molar refractivity (Wildman–Crippen MR) is 98.0 cm³/mol. The molecule has 0 N–H and O–H groups in total. The normalized spacial score (nSPS) is 17.0. The lowest BCUT2D eigenvalue weighted by atomic mass is 10.1. The number of fused-ring (bicyclic) bond motifs is 1. The Kier molecular flexibility index (Phi) is 5.03. The van der Waals surface area contributed by atoms with E-state index in [9.17, 15) is 9.59 Å². The summed E-state index contributed by atoms with van der Waals surface area (Å²) < 4.78 is 5.86. The van der Waals surface area contributed by atoms with Crippen LogP contribution in [0.2, 0.25) is 0 Å². The van der Waals surface area contributed by atoms with Crippen LogP contribution in [0.3, 0.4) is 0 Å². The molecule has 0 aromatic heterocycles. The zero-order chi connectivity index (χ0) is 17.8. The van der Waals surface area contributed by atoms with Gasteiger partial charge in [0.1, 0.15) is 12.4 Å². The maximum atomic E-state index is 12.8. The average Bonchev–Trinajstić information content (AvgIpc) is 2.73. The van der Waals surface area contributed by atoms with Crippen LogP contribution in [0.15, 0.2) is 48.5 Å². The highest BCUT2D eigenvalue weighted by Crippen LogP contribution is 2.33. The van der Waals surface area contributed by atoms with Crippen molar-refractivity contribution in [2.45, 2.75) is 13.8 Å². The lowest BCUT2D eigenvalue weighted by Gasteiger charge is -2.24. The Morgan fingerprint density at radius 2 is 1.80 bits per heavy atom. The molecule has 0 spiro atoms. The van der Waals surface area contributed by atoms with Crippen molar-refractivity contribution in [3.8, 4) is 5.75 Å². The third-order valence-electron chi connectivity index (χ3n) is 4.43. The van der Waals surface area contributed by atoms with E-state index >= 15 is 0 Å². The topological polar surface area (TPSA) is 49.9 Å². The molecule has 1 atom stereocenters. The minimum Gasteiger partial charge on any atom is -0.491 e. The van der Waals surface area contributed by atoms with Crippen LogP contribution in [0.1, 0.15) is 12.5 Å². The number of carbonyl (C=O) groups is 2. The van der Waals surface area contributed by atoms with Crippen LogP contribution in [-0.4, -0.2) is 32.0 Å². The largest absolute Gasteiger partial charge is 0.491 e. The molecule has 25 heavy (non-hydrogen) atoms. The monoisotopic (exact) mass is 338 g/mol. The van der Waals surface area contributed by atoms with Crippen molar-refractivity contribution in [3.63, 3.8) is 0 Å². The number of benzene rings is 2. The first-order valence-corrected chi connectivity index (χ1v) is 8.42. The molecule has 0 fully saturated rings. The fourth-order valence-electron chi connectivity index (χ4n) is 3.09. The summed E-state index contributed by atoms with van der Waals surface area (Å²) in [6.07, 6.45) is 0.788. The molecule has 0 aliphatic carbocycles. The summed E-state index contributed by atoms with van der Waals surface area (Å²) in [5.74, 6) is 0.557. The minimum atomic E-state index is -0.268. The van der Waals surface area contributed by atoms with Gasteiger partial charge < -0.3 is 14.5 Å². The highest BCUT2D eigenvalue weighted by molar-refractivity contribution is 6.02. The van der Waals surface area contributed by atoms with E-state index in [0.29, 0.717) is 19.7 Å². The zero-order valence-corrected chi connectivity index (χ0v) is 14.5. The van der Waals surface area contributed by atoms with Gasteiger partial charge in [-0.05, 0) is 30.7 Å². The Hall–Kier alpha value is -2.82. The van der Waals surface area contributed by atoms with Crippen LogP contribution in [-0.2, 0) is 9.59 Å². The summed E-state index contributed by atoms with van der Waals surface area (Å²) in [4.78, 5) is 27.6. The zero-order valence-electron chi connectivity index (χ0n) is 14.5. The Balaban J connectivity index is 1.81. The van der Waals surface area contributed by atoms with Crippen LogP contribution < -0.4 is 14.5 Å². The summed E-state index contributed by atoms with van der Waals surface area (Å²) in [6, 6.07) is 15.3. The van der Waals surface area contributed by atoms with E-state index in [1.54, 1.807) is 9.80 Å². The molecular weight excluding hydrogens is 316 g/mol. The van der Waals surface area contributed by atoms with Crippen LogP contribution in [0, 0.1) is 12.8 Å². The van der Waals surface area contributed by atoms with E-state index in [-0.39, 0.29) is 11.8 Å². The van der Waals surface area contributed by atoms with Crippen LogP contribution in [0.5, 0.6) is 5.75 Å². The van der Waals surface area contributed by atoms with Crippen LogP contribution in [0.25, 0.3) is 0 Å². The third-order valence-corrected chi connectivity index (χ3v) is 4.43. The SMILES string of the molecule is Cc1ccccc1OCCN1C(=O)C(C)CN(C=O)c2ccccc21. The van der Waals surface area contributed by atoms with Gasteiger partial charge in [0, 0.05) is 6.54 Å². The first-order valence-electron chi connectivity index (χ1n) is 8.42. The van der Waals surface area contributed by atoms with E-state index in [1.165, 1.54) is 0 Å². The van der Waals surface area contributed by atoms with E-state index in [1.807, 2.05) is 62.4 Å². The summed E-state index contributed by atoms with van der Waals surface area (Å²) in [5, 5.41) is 0. The van der Waals surface area contributed by atoms with Gasteiger partial charge in [-0.15, -0.1) is 0 Å². The van der Waals surface area contributed by atoms with Crippen molar-refractivity contribution < 1.29 is 14.3 Å². The van der Waals surface area contributed by atoms with Crippen LogP contribution in [0.4, 0.5) is 11.4 Å². The first-order chi connectivity index (χ1) is 12.1. The van der Waals surface area contributed by atoms with Crippen molar-refractivity contribution in [2.24, 2.45) is 5.92 Å². The smallest absolute Gasteiger partial charge is 0.231 e. The number of nitrogens with zero attached hydrogens (tertiary/aromatic N) is 2. The van der Waals surface area contributed by atoms with Gasteiger partial charge in [0.2, 0.25) is 12.3 Å². The van der Waals surface area contributed by atoms with Gasteiger partial charge in [-0.3, -0.25) is 9.59 Å². The number of aryl methyl sites for hydroxylation is 1. The molecule has 3 rings (SSSR count). The van der Waals surface area contributed by atoms with Gasteiger partial charge in [0.05, 0.1) is 23.8 Å². The van der Waals surface area contributed by atoms with Gasteiger partial charge in [-0.1, -0.05) is 37.3 Å². The molecule has 5 nitrogen and oxygen atoms in total. The minimum absolute atomic E-state index is 0.00480. The number of hydrogen-bond acceptors (Lipinski definition) is 3.